The molecule has 1 atom stereocenters. The summed E-state index contributed by atoms with van der Waals surface area (Å²) in [7, 11) is 0. The molecule has 0 aromatic heterocycles. The number of hydrogen-bond acceptors (Lipinski definition) is 1. The Morgan fingerprint density at radius 1 is 1.00 bits per heavy atom. The first-order chi connectivity index (χ1) is 8.35. The van der Waals surface area contributed by atoms with Gasteiger partial charge >= 0.3 is 0 Å². The maximum Gasteiger partial charge on any atom is 0.0719 e. The summed E-state index contributed by atoms with van der Waals surface area (Å²) in [6.07, 6.45) is 1.08. The van der Waals surface area contributed by atoms with Crippen LogP contribution < -0.4 is 0 Å². The van der Waals surface area contributed by atoms with Gasteiger partial charge in [-0.3, -0.25) is 0 Å². The van der Waals surface area contributed by atoms with Crippen LogP contribution >= 0.6 is 0 Å². The van der Waals surface area contributed by atoms with Gasteiger partial charge in [0.1, 0.15) is 0 Å². The number of ether oxygens (including phenoxy) is 1. The molecule has 0 amide bonds. The van der Waals surface area contributed by atoms with Crippen molar-refractivity contribution < 1.29 is 4.74 Å². The molecule has 1 aromatic carbocycles. The Bertz CT molecular complexity index is 452. The Morgan fingerprint density at radius 3 is 2.17 bits per heavy atom. The standard InChI is InChI=1S/C17H24O/c1-11-16(2,3)14-8-12-6-7-18-10-13(12)9-15(14)17(11,4)5/h8-9,11H,6-7,10H2,1-5H3. The summed E-state index contributed by atoms with van der Waals surface area (Å²) in [6, 6.07) is 4.90. The summed E-state index contributed by atoms with van der Waals surface area (Å²) in [4.78, 5) is 0. The molecule has 0 N–H and O–H groups in total. The van der Waals surface area contributed by atoms with Gasteiger partial charge in [-0.2, -0.15) is 0 Å². The molecular formula is C17H24O. The largest absolute Gasteiger partial charge is 0.376 e. The van der Waals surface area contributed by atoms with Gasteiger partial charge in [0.2, 0.25) is 0 Å². The highest BCUT2D eigenvalue weighted by Crippen LogP contribution is 2.54. The fraction of sp³-hybridized carbons (Fsp3) is 0.647. The van der Waals surface area contributed by atoms with E-state index < -0.39 is 0 Å². The van der Waals surface area contributed by atoms with Crippen LogP contribution in [0.25, 0.3) is 0 Å². The van der Waals surface area contributed by atoms with Crippen molar-refractivity contribution in [3.63, 3.8) is 0 Å². The number of benzene rings is 1. The maximum atomic E-state index is 5.60. The van der Waals surface area contributed by atoms with Crippen LogP contribution in [0.4, 0.5) is 0 Å². The molecule has 1 unspecified atom stereocenters. The molecular weight excluding hydrogens is 220 g/mol. The molecule has 0 bridgehead atoms. The van der Waals surface area contributed by atoms with Crippen LogP contribution in [0.3, 0.4) is 0 Å². The van der Waals surface area contributed by atoms with E-state index in [1.165, 1.54) is 11.1 Å². The Kier molecular flexibility index (Phi) is 2.45. The summed E-state index contributed by atoms with van der Waals surface area (Å²) in [6.45, 7) is 13.7. The molecule has 0 saturated heterocycles. The fourth-order valence-electron chi connectivity index (χ4n) is 3.86. The first-order valence-corrected chi connectivity index (χ1v) is 7.09. The van der Waals surface area contributed by atoms with Crippen molar-refractivity contribution in [1.29, 1.82) is 0 Å². The Morgan fingerprint density at radius 2 is 1.56 bits per heavy atom. The second-order valence-corrected chi connectivity index (χ2v) is 7.13. The molecule has 1 aliphatic heterocycles. The van der Waals surface area contributed by atoms with Gasteiger partial charge < -0.3 is 4.74 Å². The van der Waals surface area contributed by atoms with E-state index in [0.29, 0.717) is 5.92 Å². The van der Waals surface area contributed by atoms with Gasteiger partial charge in [0.15, 0.2) is 0 Å². The van der Waals surface area contributed by atoms with Gasteiger partial charge in [-0.15, -0.1) is 0 Å². The smallest absolute Gasteiger partial charge is 0.0719 e. The molecule has 1 heterocycles. The molecule has 2 aliphatic rings. The lowest BCUT2D eigenvalue weighted by Gasteiger charge is -2.32. The summed E-state index contributed by atoms with van der Waals surface area (Å²) < 4.78 is 5.60. The lowest BCUT2D eigenvalue weighted by Crippen LogP contribution is -2.30. The van der Waals surface area contributed by atoms with Gasteiger partial charge in [0, 0.05) is 0 Å². The van der Waals surface area contributed by atoms with Crippen molar-refractivity contribution in [2.24, 2.45) is 5.92 Å². The first kappa shape index (κ1) is 12.2. The van der Waals surface area contributed by atoms with E-state index in [-0.39, 0.29) is 10.8 Å². The summed E-state index contributed by atoms with van der Waals surface area (Å²) >= 11 is 0. The monoisotopic (exact) mass is 244 g/mol. The minimum Gasteiger partial charge on any atom is -0.376 e. The predicted molar refractivity (Wildman–Crippen MR) is 75.0 cm³/mol. The van der Waals surface area contributed by atoms with Crippen LogP contribution in [-0.2, 0) is 28.6 Å². The third-order valence-electron chi connectivity index (χ3n) is 5.67. The van der Waals surface area contributed by atoms with E-state index in [1.54, 1.807) is 11.1 Å². The molecule has 0 spiro atoms. The Hall–Kier alpha value is -0.820. The van der Waals surface area contributed by atoms with Crippen molar-refractivity contribution >= 4 is 0 Å². The molecule has 18 heavy (non-hydrogen) atoms. The topological polar surface area (TPSA) is 9.23 Å². The van der Waals surface area contributed by atoms with Crippen LogP contribution in [0.5, 0.6) is 0 Å². The zero-order valence-corrected chi connectivity index (χ0v) is 12.3. The summed E-state index contributed by atoms with van der Waals surface area (Å²) in [5, 5.41) is 0. The maximum absolute atomic E-state index is 5.60. The Balaban J connectivity index is 2.23. The average Bonchev–Trinajstić information content (AvgIpc) is 2.47. The lowest BCUT2D eigenvalue weighted by atomic mass is 9.71. The third-order valence-corrected chi connectivity index (χ3v) is 5.67. The van der Waals surface area contributed by atoms with E-state index in [2.05, 4.69) is 46.8 Å². The normalized spacial score (nSPS) is 27.7. The summed E-state index contributed by atoms with van der Waals surface area (Å²) in [5.41, 5.74) is 6.60. The third kappa shape index (κ3) is 1.43. The van der Waals surface area contributed by atoms with E-state index in [4.69, 9.17) is 4.74 Å². The SMILES string of the molecule is CC1C(C)(C)c2cc3c(cc2C1(C)C)COCC3. The van der Waals surface area contributed by atoms with Crippen LogP contribution in [0, 0.1) is 5.92 Å². The molecule has 0 fully saturated rings. The van der Waals surface area contributed by atoms with E-state index in [0.717, 1.165) is 19.6 Å². The van der Waals surface area contributed by atoms with Gasteiger partial charge in [-0.1, -0.05) is 46.8 Å². The zero-order valence-electron chi connectivity index (χ0n) is 12.3. The molecule has 1 aromatic rings. The highest BCUT2D eigenvalue weighted by molar-refractivity contribution is 5.51. The van der Waals surface area contributed by atoms with Crippen molar-refractivity contribution in [2.75, 3.05) is 6.61 Å². The zero-order chi connectivity index (χ0) is 13.1. The fourth-order valence-corrected chi connectivity index (χ4v) is 3.86. The van der Waals surface area contributed by atoms with Crippen molar-refractivity contribution in [3.05, 3.63) is 34.4 Å². The van der Waals surface area contributed by atoms with Gasteiger partial charge in [0.05, 0.1) is 13.2 Å². The minimum atomic E-state index is 0.269. The van der Waals surface area contributed by atoms with Crippen molar-refractivity contribution in [2.45, 2.75) is 58.5 Å². The predicted octanol–water partition coefficient (Wildman–Crippen LogP) is 3.96. The lowest BCUT2D eigenvalue weighted by molar-refractivity contribution is 0.110. The van der Waals surface area contributed by atoms with Crippen molar-refractivity contribution in [1.82, 2.24) is 0 Å². The van der Waals surface area contributed by atoms with Gasteiger partial charge in [-0.25, -0.2) is 0 Å². The van der Waals surface area contributed by atoms with Gasteiger partial charge in [-0.05, 0) is 45.4 Å². The Labute approximate surface area is 111 Å². The number of rotatable bonds is 0. The molecule has 3 rings (SSSR count). The molecule has 1 heteroatoms. The summed E-state index contributed by atoms with van der Waals surface area (Å²) in [5.74, 6) is 0.671. The quantitative estimate of drug-likeness (QED) is 0.671. The van der Waals surface area contributed by atoms with Crippen LogP contribution in [-0.4, -0.2) is 6.61 Å². The van der Waals surface area contributed by atoms with E-state index >= 15 is 0 Å². The van der Waals surface area contributed by atoms with Crippen LogP contribution in [0.2, 0.25) is 0 Å². The number of hydrogen-bond donors (Lipinski definition) is 0. The van der Waals surface area contributed by atoms with E-state index in [9.17, 15) is 0 Å². The first-order valence-electron chi connectivity index (χ1n) is 7.09. The second kappa shape index (κ2) is 3.60. The molecule has 98 valence electrons. The average molecular weight is 244 g/mol. The van der Waals surface area contributed by atoms with Crippen LogP contribution in [0.15, 0.2) is 12.1 Å². The highest BCUT2D eigenvalue weighted by Gasteiger charge is 2.48. The molecule has 0 radical (unpaired) electrons. The minimum absolute atomic E-state index is 0.269. The van der Waals surface area contributed by atoms with Crippen molar-refractivity contribution in [3.8, 4) is 0 Å². The second-order valence-electron chi connectivity index (χ2n) is 7.13. The van der Waals surface area contributed by atoms with Crippen LogP contribution in [0.1, 0.15) is 56.9 Å². The molecule has 0 saturated carbocycles. The van der Waals surface area contributed by atoms with E-state index in [1.807, 2.05) is 0 Å². The molecule has 1 nitrogen and oxygen atoms in total. The molecule has 1 aliphatic carbocycles. The van der Waals surface area contributed by atoms with Gasteiger partial charge in [0.25, 0.3) is 0 Å². The highest BCUT2D eigenvalue weighted by atomic mass is 16.5. The number of fused-ring (bicyclic) bond motifs is 2.